The van der Waals surface area contributed by atoms with Gasteiger partial charge in [-0.25, -0.2) is 0 Å². The molecule has 1 N–H and O–H groups in total. The molecule has 1 saturated heterocycles. The van der Waals surface area contributed by atoms with Crippen LogP contribution >= 0.6 is 0 Å². The van der Waals surface area contributed by atoms with Crippen molar-refractivity contribution in [3.05, 3.63) is 24.2 Å². The normalized spacial score (nSPS) is 17.6. The summed E-state index contributed by atoms with van der Waals surface area (Å²) in [5.74, 6) is 1.16. The largest absolute Gasteiger partial charge is 0.468 e. The Labute approximate surface area is 114 Å². The molecule has 1 fully saturated rings. The van der Waals surface area contributed by atoms with E-state index in [1.807, 2.05) is 12.1 Å². The number of likely N-dealkylation sites (N-methyl/N-ethyl adjacent to an activating group) is 1. The maximum Gasteiger partial charge on any atom is 0.236 e. The molecule has 1 amide bonds. The first kappa shape index (κ1) is 14.1. The zero-order valence-electron chi connectivity index (χ0n) is 11.8. The fourth-order valence-corrected chi connectivity index (χ4v) is 2.29. The van der Waals surface area contributed by atoms with Crippen molar-refractivity contribution in [3.63, 3.8) is 0 Å². The summed E-state index contributed by atoms with van der Waals surface area (Å²) in [4.78, 5) is 15.5. The van der Waals surface area contributed by atoms with Crippen LogP contribution in [0.2, 0.25) is 0 Å². The number of rotatable bonds is 5. The summed E-state index contributed by atoms with van der Waals surface area (Å²) in [5.41, 5.74) is 0. The van der Waals surface area contributed by atoms with E-state index in [4.69, 9.17) is 4.42 Å². The zero-order valence-corrected chi connectivity index (χ0v) is 11.8. The van der Waals surface area contributed by atoms with E-state index in [1.54, 1.807) is 25.3 Å². The molecular weight excluding hydrogens is 242 g/mol. The van der Waals surface area contributed by atoms with Crippen molar-refractivity contribution in [1.29, 1.82) is 0 Å². The van der Waals surface area contributed by atoms with Gasteiger partial charge in [-0.2, -0.15) is 0 Å². The van der Waals surface area contributed by atoms with E-state index in [0.717, 1.165) is 38.2 Å². The first-order valence-electron chi connectivity index (χ1n) is 6.83. The standard InChI is InChI=1S/C14H23N3O2/c1-16(2)14(18)11-17-7-5-12(6-8-17)15-10-13-4-3-9-19-13/h3-4,9,12,15H,5-8,10-11H2,1-2H3. The van der Waals surface area contributed by atoms with Crippen molar-refractivity contribution in [1.82, 2.24) is 15.1 Å². The van der Waals surface area contributed by atoms with Gasteiger partial charge < -0.3 is 14.6 Å². The molecule has 106 valence electrons. The molecule has 2 rings (SSSR count). The molecule has 1 aromatic heterocycles. The average Bonchev–Trinajstić information content (AvgIpc) is 2.91. The number of furan rings is 1. The van der Waals surface area contributed by atoms with Crippen LogP contribution in [0.15, 0.2) is 22.8 Å². The molecule has 5 heteroatoms. The van der Waals surface area contributed by atoms with Gasteiger partial charge in [-0.05, 0) is 25.0 Å². The Kier molecular flexibility index (Phi) is 4.99. The molecule has 0 atom stereocenters. The van der Waals surface area contributed by atoms with Crippen LogP contribution in [0, 0.1) is 0 Å². The van der Waals surface area contributed by atoms with Crippen LogP contribution in [-0.4, -0.2) is 55.5 Å². The third kappa shape index (κ3) is 4.36. The van der Waals surface area contributed by atoms with E-state index in [-0.39, 0.29) is 5.91 Å². The Morgan fingerprint density at radius 3 is 2.79 bits per heavy atom. The second kappa shape index (κ2) is 6.73. The minimum absolute atomic E-state index is 0.182. The van der Waals surface area contributed by atoms with Crippen molar-refractivity contribution >= 4 is 5.91 Å². The van der Waals surface area contributed by atoms with Gasteiger partial charge in [0.05, 0.1) is 19.4 Å². The number of nitrogens with one attached hydrogen (secondary N) is 1. The van der Waals surface area contributed by atoms with Crippen molar-refractivity contribution in [2.45, 2.75) is 25.4 Å². The highest BCUT2D eigenvalue weighted by atomic mass is 16.3. The van der Waals surface area contributed by atoms with Crippen LogP contribution in [0.3, 0.4) is 0 Å². The number of nitrogens with zero attached hydrogens (tertiary/aromatic N) is 2. The van der Waals surface area contributed by atoms with Crippen molar-refractivity contribution in [2.75, 3.05) is 33.7 Å². The predicted octanol–water partition coefficient (Wildman–Crippen LogP) is 0.922. The molecule has 0 unspecified atom stereocenters. The van der Waals surface area contributed by atoms with E-state index in [2.05, 4.69) is 10.2 Å². The first-order valence-corrected chi connectivity index (χ1v) is 6.83. The summed E-state index contributed by atoms with van der Waals surface area (Å²) in [7, 11) is 3.61. The highest BCUT2D eigenvalue weighted by molar-refractivity contribution is 5.77. The van der Waals surface area contributed by atoms with Gasteiger partial charge in [0, 0.05) is 33.2 Å². The molecule has 0 spiro atoms. The van der Waals surface area contributed by atoms with Crippen molar-refractivity contribution < 1.29 is 9.21 Å². The lowest BCUT2D eigenvalue weighted by Crippen LogP contribution is -2.45. The fraction of sp³-hybridized carbons (Fsp3) is 0.643. The smallest absolute Gasteiger partial charge is 0.236 e. The minimum Gasteiger partial charge on any atom is -0.468 e. The van der Waals surface area contributed by atoms with Crippen molar-refractivity contribution in [3.8, 4) is 0 Å². The van der Waals surface area contributed by atoms with E-state index in [0.29, 0.717) is 12.6 Å². The third-order valence-corrected chi connectivity index (χ3v) is 3.59. The van der Waals surface area contributed by atoms with Crippen LogP contribution in [0.25, 0.3) is 0 Å². The van der Waals surface area contributed by atoms with Crippen LogP contribution in [0.4, 0.5) is 0 Å². The number of likely N-dealkylation sites (tertiary alicyclic amines) is 1. The van der Waals surface area contributed by atoms with E-state index in [1.165, 1.54) is 0 Å². The molecule has 19 heavy (non-hydrogen) atoms. The van der Waals surface area contributed by atoms with E-state index >= 15 is 0 Å². The molecule has 0 bridgehead atoms. The average molecular weight is 265 g/mol. The summed E-state index contributed by atoms with van der Waals surface area (Å²) in [5, 5.41) is 3.50. The number of carbonyl (C=O) groups is 1. The Morgan fingerprint density at radius 1 is 1.47 bits per heavy atom. The van der Waals surface area contributed by atoms with Crippen LogP contribution in [0.5, 0.6) is 0 Å². The van der Waals surface area contributed by atoms with Gasteiger partial charge in [0.25, 0.3) is 0 Å². The van der Waals surface area contributed by atoms with Gasteiger partial charge in [0.1, 0.15) is 5.76 Å². The minimum atomic E-state index is 0.182. The number of hydrogen-bond donors (Lipinski definition) is 1. The zero-order chi connectivity index (χ0) is 13.7. The third-order valence-electron chi connectivity index (χ3n) is 3.59. The van der Waals surface area contributed by atoms with E-state index < -0.39 is 0 Å². The summed E-state index contributed by atoms with van der Waals surface area (Å²) < 4.78 is 5.30. The molecule has 1 aromatic rings. The highest BCUT2D eigenvalue weighted by Gasteiger charge is 2.21. The van der Waals surface area contributed by atoms with Gasteiger partial charge in [-0.3, -0.25) is 9.69 Å². The lowest BCUT2D eigenvalue weighted by Gasteiger charge is -2.32. The topological polar surface area (TPSA) is 48.7 Å². The molecule has 2 heterocycles. The number of amides is 1. The number of piperidine rings is 1. The molecule has 1 aliphatic heterocycles. The highest BCUT2D eigenvalue weighted by Crippen LogP contribution is 2.11. The second-order valence-electron chi connectivity index (χ2n) is 5.30. The molecule has 5 nitrogen and oxygen atoms in total. The summed E-state index contributed by atoms with van der Waals surface area (Å²) in [6, 6.07) is 4.42. The lowest BCUT2D eigenvalue weighted by molar-refractivity contribution is -0.130. The molecule has 1 aliphatic rings. The molecule has 0 radical (unpaired) electrons. The SMILES string of the molecule is CN(C)C(=O)CN1CCC(NCc2ccco2)CC1. The predicted molar refractivity (Wildman–Crippen MR) is 73.7 cm³/mol. The van der Waals surface area contributed by atoms with Gasteiger partial charge >= 0.3 is 0 Å². The number of hydrogen-bond acceptors (Lipinski definition) is 4. The Bertz CT molecular complexity index is 381. The van der Waals surface area contributed by atoms with Crippen LogP contribution in [0.1, 0.15) is 18.6 Å². The van der Waals surface area contributed by atoms with Crippen LogP contribution in [-0.2, 0) is 11.3 Å². The summed E-state index contributed by atoms with van der Waals surface area (Å²) in [6.07, 6.45) is 3.87. The number of carbonyl (C=O) groups excluding carboxylic acids is 1. The summed E-state index contributed by atoms with van der Waals surface area (Å²) in [6.45, 7) is 3.29. The lowest BCUT2D eigenvalue weighted by atomic mass is 10.0. The Morgan fingerprint density at radius 2 is 2.21 bits per heavy atom. The Hall–Kier alpha value is -1.33. The monoisotopic (exact) mass is 265 g/mol. The molecule has 0 aliphatic carbocycles. The second-order valence-corrected chi connectivity index (χ2v) is 5.30. The van der Waals surface area contributed by atoms with Gasteiger partial charge in [0.15, 0.2) is 0 Å². The summed E-state index contributed by atoms with van der Waals surface area (Å²) >= 11 is 0. The van der Waals surface area contributed by atoms with Gasteiger partial charge in [-0.15, -0.1) is 0 Å². The van der Waals surface area contributed by atoms with Gasteiger partial charge in [-0.1, -0.05) is 0 Å². The molecular formula is C14H23N3O2. The molecule has 0 saturated carbocycles. The first-order chi connectivity index (χ1) is 9.15. The van der Waals surface area contributed by atoms with Gasteiger partial charge in [0.2, 0.25) is 5.91 Å². The maximum absolute atomic E-state index is 11.6. The van der Waals surface area contributed by atoms with Crippen molar-refractivity contribution in [2.24, 2.45) is 0 Å². The maximum atomic E-state index is 11.6. The quantitative estimate of drug-likeness (QED) is 0.860. The fourth-order valence-electron chi connectivity index (χ4n) is 2.29. The van der Waals surface area contributed by atoms with E-state index in [9.17, 15) is 4.79 Å². The molecule has 0 aromatic carbocycles. The van der Waals surface area contributed by atoms with Crippen LogP contribution < -0.4 is 5.32 Å². The Balaban J connectivity index is 1.66.